The summed E-state index contributed by atoms with van der Waals surface area (Å²) in [5.74, 6) is 0.268. The molecule has 6 heteroatoms. The molecule has 23 heavy (non-hydrogen) atoms. The number of nitrogens with one attached hydrogen (secondary N) is 1. The average molecular weight is 316 g/mol. The Hall–Kier alpha value is -2.63. The van der Waals surface area contributed by atoms with Crippen LogP contribution < -0.4 is 5.32 Å². The summed E-state index contributed by atoms with van der Waals surface area (Å²) in [6.07, 6.45) is 1.63. The molecule has 122 valence electrons. The zero-order valence-electron chi connectivity index (χ0n) is 13.7. The fraction of sp³-hybridized carbons (Fsp3) is 0.353. The van der Waals surface area contributed by atoms with Crippen LogP contribution in [0.1, 0.15) is 53.1 Å². The second kappa shape index (κ2) is 6.64. The predicted octanol–water partition coefficient (Wildman–Crippen LogP) is 2.69. The highest BCUT2D eigenvalue weighted by Crippen LogP contribution is 2.23. The predicted molar refractivity (Wildman–Crippen MR) is 84.2 cm³/mol. The molecule has 0 spiro atoms. The monoisotopic (exact) mass is 316 g/mol. The van der Waals surface area contributed by atoms with Gasteiger partial charge < -0.3 is 14.5 Å². The van der Waals surface area contributed by atoms with Crippen molar-refractivity contribution in [2.75, 3.05) is 7.05 Å². The van der Waals surface area contributed by atoms with Gasteiger partial charge in [0.05, 0.1) is 11.8 Å². The first-order valence-corrected chi connectivity index (χ1v) is 7.25. The van der Waals surface area contributed by atoms with E-state index in [4.69, 9.17) is 9.15 Å². The highest BCUT2D eigenvalue weighted by molar-refractivity contribution is 5.97. The van der Waals surface area contributed by atoms with Gasteiger partial charge in [-0.3, -0.25) is 4.79 Å². The molecule has 0 aliphatic carbocycles. The van der Waals surface area contributed by atoms with Gasteiger partial charge in [0, 0.05) is 18.0 Å². The SMILES string of the molecule is CNC(=O)c1cccc(C(=O)OCc2ncc(C(C)(C)C)o2)c1. The van der Waals surface area contributed by atoms with Crippen LogP contribution in [0.15, 0.2) is 34.9 Å². The molecule has 1 heterocycles. The molecule has 1 N–H and O–H groups in total. The van der Waals surface area contributed by atoms with Gasteiger partial charge >= 0.3 is 5.97 Å². The van der Waals surface area contributed by atoms with Gasteiger partial charge in [0.15, 0.2) is 6.61 Å². The lowest BCUT2D eigenvalue weighted by atomic mass is 9.94. The van der Waals surface area contributed by atoms with Crippen molar-refractivity contribution in [1.29, 1.82) is 0 Å². The lowest BCUT2D eigenvalue weighted by molar-refractivity contribution is 0.0435. The van der Waals surface area contributed by atoms with Crippen LogP contribution in [0.25, 0.3) is 0 Å². The van der Waals surface area contributed by atoms with Gasteiger partial charge in [-0.2, -0.15) is 0 Å². The van der Waals surface area contributed by atoms with Crippen molar-refractivity contribution in [3.05, 3.63) is 53.2 Å². The molecule has 2 aromatic rings. The molecule has 0 bridgehead atoms. The third kappa shape index (κ3) is 4.18. The van der Waals surface area contributed by atoms with Crippen molar-refractivity contribution in [3.63, 3.8) is 0 Å². The van der Waals surface area contributed by atoms with E-state index in [2.05, 4.69) is 10.3 Å². The Balaban J connectivity index is 2.02. The summed E-state index contributed by atoms with van der Waals surface area (Å²) in [4.78, 5) is 27.7. The minimum Gasteiger partial charge on any atom is -0.452 e. The molecule has 0 aliphatic rings. The number of oxazole rings is 1. The van der Waals surface area contributed by atoms with Crippen molar-refractivity contribution in [1.82, 2.24) is 10.3 Å². The number of rotatable bonds is 4. The van der Waals surface area contributed by atoms with Gasteiger partial charge in [-0.1, -0.05) is 26.8 Å². The topological polar surface area (TPSA) is 81.4 Å². The molecule has 2 rings (SSSR count). The van der Waals surface area contributed by atoms with Gasteiger partial charge in [-0.25, -0.2) is 9.78 Å². The standard InChI is InChI=1S/C17H20N2O4/c1-17(2,3)13-9-19-14(23-13)10-22-16(21)12-7-5-6-11(8-12)15(20)18-4/h5-9H,10H2,1-4H3,(H,18,20). The number of aromatic nitrogens is 1. The maximum absolute atomic E-state index is 12.1. The fourth-order valence-corrected chi connectivity index (χ4v) is 1.87. The molecule has 1 aromatic heterocycles. The summed E-state index contributed by atoms with van der Waals surface area (Å²) in [7, 11) is 1.53. The molecular formula is C17H20N2O4. The number of amides is 1. The Morgan fingerprint density at radius 3 is 2.57 bits per heavy atom. The maximum atomic E-state index is 12.1. The third-order valence-electron chi connectivity index (χ3n) is 3.21. The van der Waals surface area contributed by atoms with Crippen molar-refractivity contribution in [2.24, 2.45) is 0 Å². The van der Waals surface area contributed by atoms with Crippen LogP contribution >= 0.6 is 0 Å². The van der Waals surface area contributed by atoms with Crippen LogP contribution in [-0.4, -0.2) is 23.9 Å². The normalized spacial score (nSPS) is 11.1. The van der Waals surface area contributed by atoms with E-state index in [9.17, 15) is 9.59 Å². The lowest BCUT2D eigenvalue weighted by Crippen LogP contribution is -2.18. The first kappa shape index (κ1) is 16.7. The van der Waals surface area contributed by atoms with Crippen LogP contribution in [0.2, 0.25) is 0 Å². The fourth-order valence-electron chi connectivity index (χ4n) is 1.87. The highest BCUT2D eigenvalue weighted by Gasteiger charge is 2.20. The van der Waals surface area contributed by atoms with E-state index in [0.717, 1.165) is 5.76 Å². The Morgan fingerprint density at radius 2 is 1.96 bits per heavy atom. The first-order valence-electron chi connectivity index (χ1n) is 7.25. The van der Waals surface area contributed by atoms with Crippen molar-refractivity contribution >= 4 is 11.9 Å². The summed E-state index contributed by atoms with van der Waals surface area (Å²) in [5.41, 5.74) is 0.540. The largest absolute Gasteiger partial charge is 0.452 e. The number of carbonyl (C=O) groups is 2. The quantitative estimate of drug-likeness (QED) is 0.877. The molecule has 0 fully saturated rings. The summed E-state index contributed by atoms with van der Waals surface area (Å²) in [5, 5.41) is 2.51. The summed E-state index contributed by atoms with van der Waals surface area (Å²) in [6.45, 7) is 5.97. The van der Waals surface area contributed by atoms with Gasteiger partial charge in [-0.05, 0) is 18.2 Å². The highest BCUT2D eigenvalue weighted by atomic mass is 16.5. The van der Waals surface area contributed by atoms with Crippen LogP contribution in [-0.2, 0) is 16.8 Å². The van der Waals surface area contributed by atoms with E-state index in [1.807, 2.05) is 20.8 Å². The average Bonchev–Trinajstić information content (AvgIpc) is 3.01. The summed E-state index contributed by atoms with van der Waals surface area (Å²) >= 11 is 0. The molecule has 0 saturated carbocycles. The Morgan fingerprint density at radius 1 is 1.26 bits per heavy atom. The lowest BCUT2D eigenvalue weighted by Gasteiger charge is -2.13. The van der Waals surface area contributed by atoms with E-state index in [0.29, 0.717) is 17.0 Å². The third-order valence-corrected chi connectivity index (χ3v) is 3.21. The number of benzene rings is 1. The van der Waals surface area contributed by atoms with Gasteiger partial charge in [-0.15, -0.1) is 0 Å². The van der Waals surface area contributed by atoms with Crippen LogP contribution in [0.4, 0.5) is 0 Å². The number of carbonyl (C=O) groups excluding carboxylic acids is 2. The summed E-state index contributed by atoms with van der Waals surface area (Å²) in [6, 6.07) is 6.32. The van der Waals surface area contributed by atoms with Gasteiger partial charge in [0.2, 0.25) is 5.89 Å². The first-order chi connectivity index (χ1) is 10.8. The maximum Gasteiger partial charge on any atom is 0.338 e. The molecule has 0 unspecified atom stereocenters. The molecule has 0 saturated heterocycles. The van der Waals surface area contributed by atoms with Crippen LogP contribution in [0.3, 0.4) is 0 Å². The molecular weight excluding hydrogens is 296 g/mol. The van der Waals surface area contributed by atoms with E-state index in [-0.39, 0.29) is 17.9 Å². The van der Waals surface area contributed by atoms with Crippen molar-refractivity contribution in [3.8, 4) is 0 Å². The van der Waals surface area contributed by atoms with Crippen LogP contribution in [0.5, 0.6) is 0 Å². The number of hydrogen-bond acceptors (Lipinski definition) is 5. The molecule has 1 aromatic carbocycles. The van der Waals surface area contributed by atoms with E-state index in [1.54, 1.807) is 24.4 Å². The van der Waals surface area contributed by atoms with Crippen molar-refractivity contribution < 1.29 is 18.7 Å². The number of esters is 1. The molecule has 1 amide bonds. The smallest absolute Gasteiger partial charge is 0.338 e. The van der Waals surface area contributed by atoms with Gasteiger partial charge in [0.25, 0.3) is 5.91 Å². The zero-order chi connectivity index (χ0) is 17.0. The minimum atomic E-state index is -0.536. The second-order valence-corrected chi connectivity index (χ2v) is 6.10. The van der Waals surface area contributed by atoms with E-state index in [1.165, 1.54) is 13.1 Å². The number of ether oxygens (including phenoxy) is 1. The molecule has 6 nitrogen and oxygen atoms in total. The Bertz CT molecular complexity index is 713. The molecule has 0 aliphatic heterocycles. The van der Waals surface area contributed by atoms with E-state index < -0.39 is 5.97 Å². The second-order valence-electron chi connectivity index (χ2n) is 6.10. The number of hydrogen-bond donors (Lipinski definition) is 1. The molecule has 0 atom stereocenters. The Labute approximate surface area is 134 Å². The van der Waals surface area contributed by atoms with Crippen molar-refractivity contribution in [2.45, 2.75) is 32.8 Å². The number of nitrogens with zero attached hydrogens (tertiary/aromatic N) is 1. The van der Waals surface area contributed by atoms with E-state index >= 15 is 0 Å². The Kier molecular flexibility index (Phi) is 4.83. The van der Waals surface area contributed by atoms with Gasteiger partial charge in [0.1, 0.15) is 5.76 Å². The minimum absolute atomic E-state index is 0.0564. The zero-order valence-corrected chi connectivity index (χ0v) is 13.7. The molecule has 0 radical (unpaired) electrons. The van der Waals surface area contributed by atoms with Crippen LogP contribution in [0, 0.1) is 0 Å². The summed E-state index contributed by atoms with van der Waals surface area (Å²) < 4.78 is 10.7.